The number of anilines is 2. The first kappa shape index (κ1) is 10.6. The maximum absolute atomic E-state index is 12.3. The third-order valence-electron chi connectivity index (χ3n) is 4.52. The Morgan fingerprint density at radius 1 is 1.44 bits per heavy atom. The van der Waals surface area contributed by atoms with Gasteiger partial charge in [-0.1, -0.05) is 18.0 Å². The van der Waals surface area contributed by atoms with Crippen LogP contribution in [0.5, 0.6) is 0 Å². The minimum atomic E-state index is -0.0151. The summed E-state index contributed by atoms with van der Waals surface area (Å²) in [5, 5.41) is 3.52. The summed E-state index contributed by atoms with van der Waals surface area (Å²) in [7, 11) is 0. The van der Waals surface area contributed by atoms with Crippen molar-refractivity contribution in [2.24, 2.45) is 11.8 Å². The lowest BCUT2D eigenvalue weighted by Crippen LogP contribution is -2.47. The van der Waals surface area contributed by atoms with E-state index in [1.165, 1.54) is 19.3 Å². The van der Waals surface area contributed by atoms with Crippen LogP contribution in [-0.4, -0.2) is 23.5 Å². The Labute approximate surface area is 110 Å². The largest absolute Gasteiger partial charge is 0.342 e. The van der Waals surface area contributed by atoms with Gasteiger partial charge in [0.1, 0.15) is 6.04 Å². The molecule has 1 aromatic heterocycles. The first-order valence-corrected chi connectivity index (χ1v) is 6.85. The number of aromatic nitrogens is 1. The molecule has 2 fully saturated rings. The van der Waals surface area contributed by atoms with Crippen molar-refractivity contribution in [1.29, 1.82) is 0 Å². The Bertz CT molecular complexity index is 533. The molecule has 0 spiro atoms. The zero-order valence-electron chi connectivity index (χ0n) is 9.90. The fourth-order valence-electron chi connectivity index (χ4n) is 3.82. The molecule has 0 aromatic carbocycles. The molecule has 0 radical (unpaired) electrons. The van der Waals surface area contributed by atoms with Crippen molar-refractivity contribution in [3.05, 3.63) is 17.3 Å². The van der Waals surface area contributed by atoms with E-state index < -0.39 is 0 Å². The molecule has 1 saturated carbocycles. The fourth-order valence-corrected chi connectivity index (χ4v) is 3.98. The summed E-state index contributed by atoms with van der Waals surface area (Å²) in [6, 6.07) is 1.77. The Balaban J connectivity index is 1.80. The van der Waals surface area contributed by atoms with Gasteiger partial charge >= 0.3 is 0 Å². The van der Waals surface area contributed by atoms with Crippen LogP contribution in [0, 0.1) is 11.8 Å². The molecule has 1 aromatic rings. The lowest BCUT2D eigenvalue weighted by molar-refractivity contribution is -0.118. The highest BCUT2D eigenvalue weighted by atomic mass is 35.5. The number of amides is 1. The number of hydrogen-bond donors (Lipinski definition) is 1. The van der Waals surface area contributed by atoms with Crippen LogP contribution in [0.1, 0.15) is 19.3 Å². The van der Waals surface area contributed by atoms with Gasteiger partial charge in [-0.05, 0) is 30.7 Å². The molecule has 3 atom stereocenters. The number of fused-ring (bicyclic) bond motifs is 5. The van der Waals surface area contributed by atoms with Gasteiger partial charge in [0.25, 0.3) is 0 Å². The van der Waals surface area contributed by atoms with Crippen molar-refractivity contribution in [2.75, 3.05) is 16.8 Å². The van der Waals surface area contributed by atoms with Crippen LogP contribution in [0.4, 0.5) is 11.5 Å². The molecule has 5 heteroatoms. The van der Waals surface area contributed by atoms with E-state index in [9.17, 15) is 4.79 Å². The maximum atomic E-state index is 12.3. The van der Waals surface area contributed by atoms with Crippen LogP contribution in [0.3, 0.4) is 0 Å². The Morgan fingerprint density at radius 2 is 2.33 bits per heavy atom. The van der Waals surface area contributed by atoms with Gasteiger partial charge < -0.3 is 10.2 Å². The van der Waals surface area contributed by atoms with Crippen LogP contribution in [0.15, 0.2) is 12.3 Å². The third kappa shape index (κ3) is 1.32. The van der Waals surface area contributed by atoms with E-state index >= 15 is 0 Å². The summed E-state index contributed by atoms with van der Waals surface area (Å²) in [6.07, 6.45) is 5.33. The molecule has 1 amide bonds. The number of carbonyl (C=O) groups excluding carboxylic acids is 1. The standard InChI is InChI=1S/C13H14ClN3O/c14-8-4-10-12(15-5-8)17-6-7-2-1-3-9(7)11(17)13(18)16-10/h4-5,7,9,11H,1-3,6H2,(H,16,18). The molecule has 18 heavy (non-hydrogen) atoms. The fraction of sp³-hybridized carbons (Fsp3) is 0.538. The van der Waals surface area contributed by atoms with Gasteiger partial charge in [-0.15, -0.1) is 0 Å². The average Bonchev–Trinajstić information content (AvgIpc) is 2.87. The summed E-state index contributed by atoms with van der Waals surface area (Å²) in [5.41, 5.74) is 0.753. The topological polar surface area (TPSA) is 45.2 Å². The molecule has 0 bridgehead atoms. The minimum absolute atomic E-state index is 0.0151. The molecule has 1 N–H and O–H groups in total. The molecule has 1 saturated heterocycles. The summed E-state index contributed by atoms with van der Waals surface area (Å²) >= 11 is 5.93. The lowest BCUT2D eigenvalue weighted by atomic mass is 9.93. The Morgan fingerprint density at radius 3 is 3.22 bits per heavy atom. The van der Waals surface area contributed by atoms with Crippen molar-refractivity contribution in [3.8, 4) is 0 Å². The highest BCUT2D eigenvalue weighted by Crippen LogP contribution is 2.47. The van der Waals surface area contributed by atoms with Gasteiger partial charge in [0.2, 0.25) is 5.91 Å². The number of carbonyl (C=O) groups is 1. The SMILES string of the molecule is O=C1Nc2cc(Cl)cnc2N2CC3CCCC3C12. The number of nitrogens with one attached hydrogen (secondary N) is 1. The van der Waals surface area contributed by atoms with E-state index in [2.05, 4.69) is 15.2 Å². The lowest BCUT2D eigenvalue weighted by Gasteiger charge is -2.33. The van der Waals surface area contributed by atoms with Crippen molar-refractivity contribution in [2.45, 2.75) is 25.3 Å². The number of hydrogen-bond acceptors (Lipinski definition) is 3. The van der Waals surface area contributed by atoms with E-state index in [4.69, 9.17) is 11.6 Å². The highest BCUT2D eigenvalue weighted by Gasteiger charge is 2.50. The molecule has 3 unspecified atom stereocenters. The monoisotopic (exact) mass is 263 g/mol. The number of halogens is 1. The molecule has 3 aliphatic rings. The van der Waals surface area contributed by atoms with E-state index in [-0.39, 0.29) is 11.9 Å². The Hall–Kier alpha value is -1.29. The third-order valence-corrected chi connectivity index (χ3v) is 4.73. The highest BCUT2D eigenvalue weighted by molar-refractivity contribution is 6.31. The van der Waals surface area contributed by atoms with Gasteiger partial charge in [0.05, 0.1) is 10.7 Å². The van der Waals surface area contributed by atoms with Crippen LogP contribution in [0.2, 0.25) is 5.02 Å². The molecular weight excluding hydrogens is 250 g/mol. The van der Waals surface area contributed by atoms with E-state index in [0.29, 0.717) is 16.9 Å². The molecule has 94 valence electrons. The van der Waals surface area contributed by atoms with E-state index in [1.54, 1.807) is 12.3 Å². The smallest absolute Gasteiger partial charge is 0.247 e. The Kier molecular flexibility index (Phi) is 2.13. The minimum Gasteiger partial charge on any atom is -0.342 e. The predicted octanol–water partition coefficient (Wildman–Crippen LogP) is 2.29. The summed E-state index contributed by atoms with van der Waals surface area (Å²) in [5.74, 6) is 2.17. The normalized spacial score (nSPS) is 32.8. The van der Waals surface area contributed by atoms with Gasteiger partial charge in [0.15, 0.2) is 5.82 Å². The van der Waals surface area contributed by atoms with Crippen LogP contribution < -0.4 is 10.2 Å². The van der Waals surface area contributed by atoms with Crippen molar-refractivity contribution in [3.63, 3.8) is 0 Å². The molecule has 4 nitrogen and oxygen atoms in total. The maximum Gasteiger partial charge on any atom is 0.247 e. The van der Waals surface area contributed by atoms with Crippen LogP contribution in [0.25, 0.3) is 0 Å². The molecular formula is C13H14ClN3O. The second-order valence-corrected chi connectivity index (χ2v) is 5.90. The molecule has 2 aliphatic heterocycles. The molecule has 3 heterocycles. The van der Waals surface area contributed by atoms with Gasteiger partial charge in [0, 0.05) is 12.7 Å². The molecule has 4 rings (SSSR count). The first-order chi connectivity index (χ1) is 8.74. The first-order valence-electron chi connectivity index (χ1n) is 6.47. The zero-order valence-corrected chi connectivity index (χ0v) is 10.7. The van der Waals surface area contributed by atoms with E-state index in [0.717, 1.165) is 18.1 Å². The number of pyridine rings is 1. The van der Waals surface area contributed by atoms with Crippen molar-refractivity contribution >= 4 is 29.0 Å². The quantitative estimate of drug-likeness (QED) is 0.781. The number of nitrogens with zero attached hydrogens (tertiary/aromatic N) is 2. The van der Waals surface area contributed by atoms with Crippen molar-refractivity contribution in [1.82, 2.24) is 4.98 Å². The van der Waals surface area contributed by atoms with Gasteiger partial charge in [-0.3, -0.25) is 4.79 Å². The predicted molar refractivity (Wildman–Crippen MR) is 69.8 cm³/mol. The van der Waals surface area contributed by atoms with Crippen LogP contribution in [-0.2, 0) is 4.79 Å². The van der Waals surface area contributed by atoms with Gasteiger partial charge in [-0.2, -0.15) is 0 Å². The zero-order chi connectivity index (χ0) is 12.3. The second-order valence-electron chi connectivity index (χ2n) is 5.47. The summed E-state index contributed by atoms with van der Waals surface area (Å²) in [4.78, 5) is 18.9. The summed E-state index contributed by atoms with van der Waals surface area (Å²) in [6.45, 7) is 0.963. The molecule has 1 aliphatic carbocycles. The number of rotatable bonds is 0. The van der Waals surface area contributed by atoms with Gasteiger partial charge in [-0.25, -0.2) is 4.98 Å². The average molecular weight is 264 g/mol. The van der Waals surface area contributed by atoms with Crippen molar-refractivity contribution < 1.29 is 4.79 Å². The van der Waals surface area contributed by atoms with Crippen LogP contribution >= 0.6 is 11.6 Å². The second kappa shape index (κ2) is 3.60. The summed E-state index contributed by atoms with van der Waals surface area (Å²) < 4.78 is 0. The van der Waals surface area contributed by atoms with E-state index in [1.807, 2.05) is 0 Å².